The third-order valence-corrected chi connectivity index (χ3v) is 3.29. The van der Waals surface area contributed by atoms with E-state index in [4.69, 9.17) is 0 Å². The van der Waals surface area contributed by atoms with E-state index in [2.05, 4.69) is 29.0 Å². The van der Waals surface area contributed by atoms with Crippen LogP contribution < -0.4 is 0 Å². The van der Waals surface area contributed by atoms with Gasteiger partial charge in [-0.1, -0.05) is 0 Å². The molecule has 6 heteroatoms. The molecule has 3 aromatic heterocycles. The Hall–Kier alpha value is -2.50. The van der Waals surface area contributed by atoms with Crippen molar-refractivity contribution in [1.29, 1.82) is 0 Å². The second-order valence-electron chi connectivity index (χ2n) is 5.15. The zero-order valence-corrected chi connectivity index (χ0v) is 12.2. The molecule has 0 amide bonds. The largest absolute Gasteiger partial charge is 0.266 e. The van der Waals surface area contributed by atoms with E-state index < -0.39 is 0 Å². The summed E-state index contributed by atoms with van der Waals surface area (Å²) in [5, 5.41) is 8.83. The molecule has 0 bridgehead atoms. The van der Waals surface area contributed by atoms with Gasteiger partial charge in [0, 0.05) is 19.3 Å². The molecule has 0 N–H and O–H groups in total. The second kappa shape index (κ2) is 5.12. The van der Waals surface area contributed by atoms with E-state index in [1.165, 1.54) is 12.3 Å². The number of nitrogens with zero attached hydrogens (tertiary/aromatic N) is 5. The monoisotopic (exact) mass is 285 g/mol. The Labute approximate surface area is 122 Å². The topological polar surface area (TPSA) is 48.5 Å². The highest BCUT2D eigenvalue weighted by atomic mass is 19.1. The van der Waals surface area contributed by atoms with E-state index in [1.807, 2.05) is 23.9 Å². The van der Waals surface area contributed by atoms with Crippen molar-refractivity contribution in [3.63, 3.8) is 0 Å². The smallest absolute Gasteiger partial charge is 0.141 e. The van der Waals surface area contributed by atoms with Crippen LogP contribution in [0.25, 0.3) is 22.8 Å². The normalized spacial score (nSPS) is 11.3. The summed E-state index contributed by atoms with van der Waals surface area (Å²) < 4.78 is 16.6. The highest BCUT2D eigenvalue weighted by Gasteiger charge is 2.14. The van der Waals surface area contributed by atoms with E-state index >= 15 is 0 Å². The lowest BCUT2D eigenvalue weighted by atomic mass is 10.2. The molecule has 0 spiro atoms. The lowest BCUT2D eigenvalue weighted by molar-refractivity contribution is 0.537. The van der Waals surface area contributed by atoms with Crippen molar-refractivity contribution < 1.29 is 4.39 Å². The van der Waals surface area contributed by atoms with E-state index in [-0.39, 0.29) is 11.9 Å². The molecule has 0 aliphatic carbocycles. The first-order chi connectivity index (χ1) is 10.1. The predicted molar refractivity (Wildman–Crippen MR) is 78.0 cm³/mol. The van der Waals surface area contributed by atoms with E-state index in [0.29, 0.717) is 5.69 Å². The fourth-order valence-electron chi connectivity index (χ4n) is 2.29. The molecular formula is C15H16FN5. The molecule has 0 unspecified atom stereocenters. The third kappa shape index (κ3) is 2.44. The van der Waals surface area contributed by atoms with Crippen molar-refractivity contribution in [2.75, 3.05) is 0 Å². The predicted octanol–water partition coefficient (Wildman–Crippen LogP) is 3.07. The maximum absolute atomic E-state index is 13.0. The number of pyridine rings is 1. The highest BCUT2D eigenvalue weighted by Crippen LogP contribution is 2.25. The van der Waals surface area contributed by atoms with E-state index in [9.17, 15) is 4.39 Å². The molecule has 5 nitrogen and oxygen atoms in total. The molecule has 0 radical (unpaired) electrons. The first-order valence-electron chi connectivity index (χ1n) is 6.76. The highest BCUT2D eigenvalue weighted by molar-refractivity contribution is 5.64. The molecule has 3 rings (SSSR count). The van der Waals surface area contributed by atoms with Gasteiger partial charge < -0.3 is 0 Å². The van der Waals surface area contributed by atoms with Crippen molar-refractivity contribution in [3.05, 3.63) is 42.5 Å². The van der Waals surface area contributed by atoms with Crippen LogP contribution in [0.2, 0.25) is 0 Å². The summed E-state index contributed by atoms with van der Waals surface area (Å²) in [6, 6.07) is 7.17. The minimum atomic E-state index is -0.348. The van der Waals surface area contributed by atoms with Gasteiger partial charge in [0.25, 0.3) is 0 Å². The van der Waals surface area contributed by atoms with Crippen molar-refractivity contribution in [1.82, 2.24) is 24.5 Å². The van der Waals surface area contributed by atoms with Crippen molar-refractivity contribution in [3.8, 4) is 22.8 Å². The second-order valence-corrected chi connectivity index (χ2v) is 5.15. The Morgan fingerprint density at radius 1 is 1.10 bits per heavy atom. The minimum absolute atomic E-state index is 0.254. The van der Waals surface area contributed by atoms with Crippen LogP contribution in [0, 0.1) is 5.82 Å². The molecule has 0 saturated carbocycles. The maximum atomic E-state index is 13.0. The Bertz CT molecular complexity index is 755. The molecule has 0 aliphatic heterocycles. The zero-order valence-electron chi connectivity index (χ0n) is 12.2. The van der Waals surface area contributed by atoms with Gasteiger partial charge in [-0.05, 0) is 38.1 Å². The van der Waals surface area contributed by atoms with E-state index in [0.717, 1.165) is 17.1 Å². The average Bonchev–Trinajstić information content (AvgIpc) is 3.06. The first-order valence-corrected chi connectivity index (χ1v) is 6.76. The van der Waals surface area contributed by atoms with Gasteiger partial charge in [-0.15, -0.1) is 0 Å². The van der Waals surface area contributed by atoms with Crippen LogP contribution in [0.1, 0.15) is 19.9 Å². The minimum Gasteiger partial charge on any atom is -0.266 e. The van der Waals surface area contributed by atoms with Crippen LogP contribution in [-0.4, -0.2) is 24.5 Å². The van der Waals surface area contributed by atoms with Gasteiger partial charge in [0.15, 0.2) is 0 Å². The summed E-state index contributed by atoms with van der Waals surface area (Å²) in [5.41, 5.74) is 3.30. The third-order valence-electron chi connectivity index (χ3n) is 3.29. The van der Waals surface area contributed by atoms with Gasteiger partial charge in [-0.25, -0.2) is 4.39 Å². The summed E-state index contributed by atoms with van der Waals surface area (Å²) in [7, 11) is 1.85. The molecule has 21 heavy (non-hydrogen) atoms. The van der Waals surface area contributed by atoms with Gasteiger partial charge in [-0.2, -0.15) is 10.2 Å². The summed E-state index contributed by atoms with van der Waals surface area (Å²) in [6.07, 6.45) is 2.97. The van der Waals surface area contributed by atoms with Crippen LogP contribution in [0.5, 0.6) is 0 Å². The van der Waals surface area contributed by atoms with Gasteiger partial charge in [0.1, 0.15) is 11.5 Å². The number of halogens is 1. The molecule has 108 valence electrons. The molecule has 0 aliphatic rings. The quantitative estimate of drug-likeness (QED) is 0.743. The summed E-state index contributed by atoms with van der Waals surface area (Å²) in [4.78, 5) is 4.10. The fourth-order valence-corrected chi connectivity index (χ4v) is 2.29. The summed E-state index contributed by atoms with van der Waals surface area (Å²) in [5.74, 6) is -0.348. The fraction of sp³-hybridized carbons (Fsp3) is 0.267. The summed E-state index contributed by atoms with van der Waals surface area (Å²) in [6.45, 7) is 4.14. The Morgan fingerprint density at radius 2 is 1.90 bits per heavy atom. The van der Waals surface area contributed by atoms with Crippen LogP contribution in [0.15, 0.2) is 36.7 Å². The van der Waals surface area contributed by atoms with E-state index in [1.54, 1.807) is 16.9 Å². The molecular weight excluding hydrogens is 269 g/mol. The van der Waals surface area contributed by atoms with Gasteiger partial charge in [0.05, 0.1) is 23.3 Å². The average molecular weight is 285 g/mol. The van der Waals surface area contributed by atoms with Crippen molar-refractivity contribution in [2.24, 2.45) is 7.05 Å². The van der Waals surface area contributed by atoms with Crippen LogP contribution in [-0.2, 0) is 7.05 Å². The van der Waals surface area contributed by atoms with Crippen LogP contribution in [0.4, 0.5) is 4.39 Å². The van der Waals surface area contributed by atoms with Crippen LogP contribution in [0.3, 0.4) is 0 Å². The molecule has 3 aromatic rings. The van der Waals surface area contributed by atoms with Gasteiger partial charge in [-0.3, -0.25) is 14.3 Å². The number of aryl methyl sites for hydroxylation is 1. The molecule has 0 saturated heterocycles. The zero-order chi connectivity index (χ0) is 15.0. The number of hydrogen-bond acceptors (Lipinski definition) is 3. The molecule has 0 aromatic carbocycles. The molecule has 0 fully saturated rings. The molecule has 0 atom stereocenters. The number of hydrogen-bond donors (Lipinski definition) is 0. The van der Waals surface area contributed by atoms with Gasteiger partial charge in [0.2, 0.25) is 0 Å². The number of rotatable bonds is 3. The maximum Gasteiger partial charge on any atom is 0.141 e. The van der Waals surface area contributed by atoms with Crippen LogP contribution >= 0.6 is 0 Å². The number of aromatic nitrogens is 5. The first kappa shape index (κ1) is 13.5. The molecule has 3 heterocycles. The summed E-state index contributed by atoms with van der Waals surface area (Å²) >= 11 is 0. The Morgan fingerprint density at radius 3 is 2.57 bits per heavy atom. The SMILES string of the molecule is CC(C)n1nccc1-c1cc(-c2ccc(F)cn2)n(C)n1. The lowest BCUT2D eigenvalue weighted by Crippen LogP contribution is -2.04. The Balaban J connectivity index is 2.05. The Kier molecular flexibility index (Phi) is 3.29. The van der Waals surface area contributed by atoms with Crippen molar-refractivity contribution >= 4 is 0 Å². The van der Waals surface area contributed by atoms with Crippen molar-refractivity contribution in [2.45, 2.75) is 19.9 Å². The van der Waals surface area contributed by atoms with Gasteiger partial charge >= 0.3 is 0 Å². The lowest BCUT2D eigenvalue weighted by Gasteiger charge is -2.08. The standard InChI is InChI=1S/C15H16FN5/c1-10(2)21-14(6-7-18-21)13-8-15(20(3)19-13)12-5-4-11(16)9-17-12/h4-10H,1-3H3.